The molecule has 0 bridgehead atoms. The lowest BCUT2D eigenvalue weighted by atomic mass is 9.98. The number of carbonyl (C=O) groups is 1. The van der Waals surface area contributed by atoms with Crippen molar-refractivity contribution in [3.05, 3.63) is 29.8 Å². The molecule has 0 saturated carbocycles. The van der Waals surface area contributed by atoms with E-state index in [0.717, 1.165) is 11.3 Å². The molecule has 1 aromatic carbocycles. The van der Waals surface area contributed by atoms with E-state index in [0.29, 0.717) is 0 Å². The van der Waals surface area contributed by atoms with Gasteiger partial charge in [-0.2, -0.15) is 5.06 Å². The molecule has 1 heterocycles. The molecule has 0 fully saturated rings. The van der Waals surface area contributed by atoms with Crippen LogP contribution in [0.5, 0.6) is 0 Å². The van der Waals surface area contributed by atoms with Crippen LogP contribution < -0.4 is 5.06 Å². The highest BCUT2D eigenvalue weighted by Gasteiger charge is 2.48. The first-order valence-corrected chi connectivity index (χ1v) is 4.68. The highest BCUT2D eigenvalue weighted by atomic mass is 16.7. The Bertz CT molecular complexity index is 405. The van der Waals surface area contributed by atoms with Crippen LogP contribution in [0.3, 0.4) is 0 Å². The normalized spacial score (nSPS) is 24.5. The van der Waals surface area contributed by atoms with Gasteiger partial charge in [0, 0.05) is 12.7 Å². The summed E-state index contributed by atoms with van der Waals surface area (Å²) in [5, 5.41) is 1.26. The Kier molecular flexibility index (Phi) is 2.25. The fourth-order valence-corrected chi connectivity index (χ4v) is 1.85. The predicted octanol–water partition coefficient (Wildman–Crippen LogP) is 1.46. The highest BCUT2D eigenvalue weighted by Crippen LogP contribution is 2.41. The van der Waals surface area contributed by atoms with E-state index in [9.17, 15) is 4.79 Å². The summed E-state index contributed by atoms with van der Waals surface area (Å²) in [7, 11) is 2.99. The number of ether oxygens (including phenoxy) is 1. The average Bonchev–Trinajstić information content (AvgIpc) is 2.50. The Hall–Kier alpha value is -1.39. The predicted molar refractivity (Wildman–Crippen MR) is 55.3 cm³/mol. The molecule has 4 nitrogen and oxygen atoms in total. The minimum Gasteiger partial charge on any atom is -0.364 e. The molecule has 15 heavy (non-hydrogen) atoms. The number of para-hydroxylation sites is 1. The maximum absolute atomic E-state index is 12.0. The van der Waals surface area contributed by atoms with Crippen molar-refractivity contribution in [3.63, 3.8) is 0 Å². The van der Waals surface area contributed by atoms with Crippen LogP contribution in [0.4, 0.5) is 5.69 Å². The number of carbonyl (C=O) groups excluding carboxylic acids is 1. The minimum absolute atomic E-state index is 0.200. The van der Waals surface area contributed by atoms with Crippen LogP contribution in [0.1, 0.15) is 12.5 Å². The first-order valence-electron chi connectivity index (χ1n) is 4.68. The van der Waals surface area contributed by atoms with Crippen LogP contribution in [0.2, 0.25) is 0 Å². The van der Waals surface area contributed by atoms with Gasteiger partial charge >= 0.3 is 0 Å². The van der Waals surface area contributed by atoms with Gasteiger partial charge < -0.3 is 4.74 Å². The summed E-state index contributed by atoms with van der Waals surface area (Å²) in [6, 6.07) is 7.44. The molecule has 1 amide bonds. The van der Waals surface area contributed by atoms with Gasteiger partial charge in [0.25, 0.3) is 5.91 Å². The number of rotatable bonds is 2. The molecule has 0 aromatic heterocycles. The highest BCUT2D eigenvalue weighted by molar-refractivity contribution is 6.05. The van der Waals surface area contributed by atoms with Gasteiger partial charge in [0.1, 0.15) is 0 Å². The Morgan fingerprint density at radius 2 is 1.93 bits per heavy atom. The second-order valence-electron chi connectivity index (χ2n) is 3.54. The van der Waals surface area contributed by atoms with Crippen molar-refractivity contribution in [2.45, 2.75) is 12.5 Å². The summed E-state index contributed by atoms with van der Waals surface area (Å²) in [6.45, 7) is 1.74. The number of methoxy groups -OCH3 is 1. The molecule has 0 N–H and O–H groups in total. The number of hydroxylamine groups is 1. The summed E-state index contributed by atoms with van der Waals surface area (Å²) >= 11 is 0. The smallest absolute Gasteiger partial charge is 0.287 e. The molecule has 1 atom stereocenters. The zero-order chi connectivity index (χ0) is 11.1. The second kappa shape index (κ2) is 3.32. The van der Waals surface area contributed by atoms with Gasteiger partial charge in [0.2, 0.25) is 0 Å². The van der Waals surface area contributed by atoms with Crippen molar-refractivity contribution in [2.75, 3.05) is 19.3 Å². The van der Waals surface area contributed by atoms with Crippen LogP contribution in [0.15, 0.2) is 24.3 Å². The van der Waals surface area contributed by atoms with E-state index in [2.05, 4.69) is 0 Å². The van der Waals surface area contributed by atoms with Crippen LogP contribution >= 0.6 is 0 Å². The number of hydrogen-bond acceptors (Lipinski definition) is 3. The fourth-order valence-electron chi connectivity index (χ4n) is 1.85. The third-order valence-electron chi connectivity index (χ3n) is 2.82. The Labute approximate surface area is 88.4 Å². The van der Waals surface area contributed by atoms with Gasteiger partial charge in [-0.15, -0.1) is 0 Å². The number of amides is 1. The molecule has 1 aromatic rings. The van der Waals surface area contributed by atoms with Crippen molar-refractivity contribution < 1.29 is 14.4 Å². The summed E-state index contributed by atoms with van der Waals surface area (Å²) < 4.78 is 5.30. The van der Waals surface area contributed by atoms with Gasteiger partial charge in [-0.3, -0.25) is 9.63 Å². The maximum Gasteiger partial charge on any atom is 0.287 e. The van der Waals surface area contributed by atoms with Gasteiger partial charge in [-0.05, 0) is 13.0 Å². The van der Waals surface area contributed by atoms with Gasteiger partial charge in [0.15, 0.2) is 5.60 Å². The van der Waals surface area contributed by atoms with E-state index in [-0.39, 0.29) is 5.91 Å². The average molecular weight is 207 g/mol. The van der Waals surface area contributed by atoms with E-state index >= 15 is 0 Å². The van der Waals surface area contributed by atoms with E-state index in [1.165, 1.54) is 19.3 Å². The molecule has 4 heteroatoms. The van der Waals surface area contributed by atoms with E-state index in [1.54, 1.807) is 6.92 Å². The van der Waals surface area contributed by atoms with Crippen LogP contribution in [0, 0.1) is 0 Å². The summed E-state index contributed by atoms with van der Waals surface area (Å²) in [5.74, 6) is -0.200. The third-order valence-corrected chi connectivity index (χ3v) is 2.82. The van der Waals surface area contributed by atoms with E-state index in [1.807, 2.05) is 24.3 Å². The zero-order valence-electron chi connectivity index (χ0n) is 8.98. The molecule has 1 unspecified atom stereocenters. The molecule has 0 saturated heterocycles. The van der Waals surface area contributed by atoms with E-state index < -0.39 is 5.60 Å². The molecule has 0 spiro atoms. The molecular formula is C11H13NO3. The number of fused-ring (bicyclic) bond motifs is 1. The number of anilines is 1. The maximum atomic E-state index is 12.0. The Morgan fingerprint density at radius 3 is 2.53 bits per heavy atom. The van der Waals surface area contributed by atoms with Gasteiger partial charge in [0.05, 0.1) is 12.8 Å². The largest absolute Gasteiger partial charge is 0.364 e. The fraction of sp³-hybridized carbons (Fsp3) is 0.364. The molecule has 2 rings (SSSR count). The molecule has 1 aliphatic heterocycles. The van der Waals surface area contributed by atoms with Crippen LogP contribution in [-0.4, -0.2) is 20.1 Å². The lowest BCUT2D eigenvalue weighted by Gasteiger charge is -2.21. The van der Waals surface area contributed by atoms with E-state index in [4.69, 9.17) is 9.57 Å². The minimum atomic E-state index is -0.938. The monoisotopic (exact) mass is 207 g/mol. The Balaban J connectivity index is 2.61. The zero-order valence-corrected chi connectivity index (χ0v) is 8.98. The lowest BCUT2D eigenvalue weighted by Crippen LogP contribution is -2.38. The SMILES string of the molecule is CON1C(=O)C(C)(OC)c2ccccc21. The summed E-state index contributed by atoms with van der Waals surface area (Å²) in [6.07, 6.45) is 0. The number of benzene rings is 1. The van der Waals surface area contributed by atoms with Gasteiger partial charge in [-0.1, -0.05) is 18.2 Å². The lowest BCUT2D eigenvalue weighted by molar-refractivity contribution is -0.143. The number of nitrogens with zero attached hydrogens (tertiary/aromatic N) is 1. The van der Waals surface area contributed by atoms with Crippen LogP contribution in [-0.2, 0) is 20.0 Å². The molecule has 0 aliphatic carbocycles. The second-order valence-corrected chi connectivity index (χ2v) is 3.54. The van der Waals surface area contributed by atoms with Crippen molar-refractivity contribution in [3.8, 4) is 0 Å². The first kappa shape index (κ1) is 10.1. The molecule has 0 radical (unpaired) electrons. The van der Waals surface area contributed by atoms with Crippen LogP contribution in [0.25, 0.3) is 0 Å². The topological polar surface area (TPSA) is 38.8 Å². The molecular weight excluding hydrogens is 194 g/mol. The van der Waals surface area contributed by atoms with Crippen molar-refractivity contribution >= 4 is 11.6 Å². The Morgan fingerprint density at radius 1 is 1.27 bits per heavy atom. The van der Waals surface area contributed by atoms with Gasteiger partial charge in [-0.25, -0.2) is 0 Å². The summed E-state index contributed by atoms with van der Waals surface area (Å²) in [5.41, 5.74) is 0.640. The quantitative estimate of drug-likeness (QED) is 0.736. The standard InChI is InChI=1S/C11H13NO3/c1-11(14-2)8-6-4-5-7-9(8)12(15-3)10(11)13/h4-7H,1-3H3. The van der Waals surface area contributed by atoms with Crippen molar-refractivity contribution in [2.24, 2.45) is 0 Å². The number of hydrogen-bond donors (Lipinski definition) is 0. The van der Waals surface area contributed by atoms with Crippen molar-refractivity contribution in [1.29, 1.82) is 0 Å². The summed E-state index contributed by atoms with van der Waals surface area (Å²) in [4.78, 5) is 17.1. The van der Waals surface area contributed by atoms with Crippen molar-refractivity contribution in [1.82, 2.24) is 0 Å². The third kappa shape index (κ3) is 1.19. The first-order chi connectivity index (χ1) is 7.15. The molecule has 1 aliphatic rings. The molecule has 80 valence electrons.